The van der Waals surface area contributed by atoms with E-state index in [0.29, 0.717) is 16.6 Å². The van der Waals surface area contributed by atoms with Crippen LogP contribution in [0.4, 0.5) is 3.89 Å². The maximum absolute atomic E-state index is 12.6. The number of rotatable bonds is 2. The molecule has 0 saturated heterocycles. The van der Waals surface area contributed by atoms with Crippen molar-refractivity contribution < 1.29 is 12.3 Å². The SMILES string of the molecule is Cn1cc(CS(=O)(=O)F)c2cccnc21. The molecule has 15 heavy (non-hydrogen) atoms. The zero-order valence-electron chi connectivity index (χ0n) is 8.01. The Bertz CT molecular complexity index is 604. The summed E-state index contributed by atoms with van der Waals surface area (Å²) in [7, 11) is -2.76. The number of nitrogens with zero attached hydrogens (tertiary/aromatic N) is 2. The monoisotopic (exact) mass is 228 g/mol. The first kappa shape index (κ1) is 10.1. The van der Waals surface area contributed by atoms with Gasteiger partial charge in [-0.25, -0.2) is 4.98 Å². The summed E-state index contributed by atoms with van der Waals surface area (Å²) in [6.07, 6.45) is 3.19. The lowest BCUT2D eigenvalue weighted by Gasteiger charge is -1.93. The maximum Gasteiger partial charge on any atom is 0.306 e. The highest BCUT2D eigenvalue weighted by Crippen LogP contribution is 2.20. The lowest BCUT2D eigenvalue weighted by Crippen LogP contribution is -1.95. The molecule has 2 aromatic heterocycles. The van der Waals surface area contributed by atoms with E-state index in [1.54, 1.807) is 36.1 Å². The smallest absolute Gasteiger partial charge is 0.306 e. The second-order valence-electron chi connectivity index (χ2n) is 3.32. The van der Waals surface area contributed by atoms with Crippen LogP contribution in [0, 0.1) is 0 Å². The third-order valence-corrected chi connectivity index (χ3v) is 2.80. The fraction of sp³-hybridized carbons (Fsp3) is 0.222. The molecule has 0 N–H and O–H groups in total. The summed E-state index contributed by atoms with van der Waals surface area (Å²) in [4.78, 5) is 4.08. The van der Waals surface area contributed by atoms with Crippen molar-refractivity contribution in [2.75, 3.05) is 0 Å². The van der Waals surface area contributed by atoms with Crippen LogP contribution in [-0.2, 0) is 23.0 Å². The molecule has 0 spiro atoms. The van der Waals surface area contributed by atoms with E-state index in [1.165, 1.54) is 0 Å². The van der Waals surface area contributed by atoms with Crippen molar-refractivity contribution in [1.29, 1.82) is 0 Å². The molecule has 0 aliphatic rings. The van der Waals surface area contributed by atoms with Gasteiger partial charge in [-0.1, -0.05) is 0 Å². The summed E-state index contributed by atoms with van der Waals surface area (Å²) < 4.78 is 35.3. The van der Waals surface area contributed by atoms with Crippen LogP contribution in [0.15, 0.2) is 24.5 Å². The van der Waals surface area contributed by atoms with Gasteiger partial charge in [0.2, 0.25) is 0 Å². The molecule has 0 atom stereocenters. The Kier molecular flexibility index (Phi) is 2.22. The van der Waals surface area contributed by atoms with Gasteiger partial charge in [-0.3, -0.25) is 0 Å². The number of aromatic nitrogens is 2. The second-order valence-corrected chi connectivity index (χ2v) is 4.69. The van der Waals surface area contributed by atoms with Gasteiger partial charge in [-0.05, 0) is 17.7 Å². The van der Waals surface area contributed by atoms with Crippen molar-refractivity contribution in [2.45, 2.75) is 5.75 Å². The summed E-state index contributed by atoms with van der Waals surface area (Å²) in [5, 5.41) is 0.668. The molecule has 0 aromatic carbocycles. The quantitative estimate of drug-likeness (QED) is 0.729. The molecular formula is C9H9FN2O2S. The summed E-state index contributed by atoms with van der Waals surface area (Å²) in [5.74, 6) is -0.601. The highest BCUT2D eigenvalue weighted by atomic mass is 32.3. The standard InChI is InChI=1S/C9H9FN2O2S/c1-12-5-7(6-15(10,13)14)8-3-2-4-11-9(8)12/h2-5H,6H2,1H3. The minimum absolute atomic E-state index is 0.433. The van der Waals surface area contributed by atoms with E-state index in [4.69, 9.17) is 0 Å². The summed E-state index contributed by atoms with van der Waals surface area (Å²) in [6.45, 7) is 0. The van der Waals surface area contributed by atoms with E-state index in [2.05, 4.69) is 4.98 Å². The summed E-state index contributed by atoms with van der Waals surface area (Å²) in [5.41, 5.74) is 1.08. The Morgan fingerprint density at radius 2 is 2.27 bits per heavy atom. The van der Waals surface area contributed by atoms with E-state index in [9.17, 15) is 12.3 Å². The minimum atomic E-state index is -4.50. The third-order valence-electron chi connectivity index (χ3n) is 2.14. The minimum Gasteiger partial charge on any atom is -0.335 e. The predicted octanol–water partition coefficient (Wildman–Crippen LogP) is 1.37. The van der Waals surface area contributed by atoms with Gasteiger partial charge in [-0.2, -0.15) is 8.42 Å². The summed E-state index contributed by atoms with van der Waals surface area (Å²) in [6, 6.07) is 3.42. The van der Waals surface area contributed by atoms with E-state index >= 15 is 0 Å². The van der Waals surface area contributed by atoms with Crippen LogP contribution in [0.3, 0.4) is 0 Å². The van der Waals surface area contributed by atoms with E-state index in [1.807, 2.05) is 0 Å². The number of hydrogen-bond acceptors (Lipinski definition) is 3. The van der Waals surface area contributed by atoms with E-state index in [-0.39, 0.29) is 0 Å². The Morgan fingerprint density at radius 3 is 2.93 bits per heavy atom. The highest BCUT2D eigenvalue weighted by molar-refractivity contribution is 7.85. The molecule has 0 fully saturated rings. The molecule has 0 amide bonds. The first-order valence-corrected chi connectivity index (χ1v) is 5.84. The number of fused-ring (bicyclic) bond motifs is 1. The Morgan fingerprint density at radius 1 is 1.53 bits per heavy atom. The number of hydrogen-bond donors (Lipinski definition) is 0. The van der Waals surface area contributed by atoms with Gasteiger partial charge >= 0.3 is 10.2 Å². The molecule has 4 nitrogen and oxygen atoms in total. The predicted molar refractivity (Wildman–Crippen MR) is 54.4 cm³/mol. The molecule has 2 heterocycles. The molecule has 2 rings (SSSR count). The fourth-order valence-electron chi connectivity index (χ4n) is 1.59. The first-order valence-electron chi connectivity index (χ1n) is 4.28. The van der Waals surface area contributed by atoms with Gasteiger partial charge in [-0.15, -0.1) is 3.89 Å². The Hall–Kier alpha value is -1.43. The lowest BCUT2D eigenvalue weighted by molar-refractivity contribution is 0.551. The number of pyridine rings is 1. The van der Waals surface area contributed by atoms with Crippen LogP contribution in [0.5, 0.6) is 0 Å². The van der Waals surface area contributed by atoms with Gasteiger partial charge in [0.25, 0.3) is 0 Å². The van der Waals surface area contributed by atoms with Crippen molar-refractivity contribution in [3.05, 3.63) is 30.1 Å². The largest absolute Gasteiger partial charge is 0.335 e. The zero-order chi connectivity index (χ0) is 11.1. The first-order chi connectivity index (χ1) is 6.97. The van der Waals surface area contributed by atoms with Gasteiger partial charge in [0.15, 0.2) is 0 Å². The van der Waals surface area contributed by atoms with Crippen LogP contribution in [0.2, 0.25) is 0 Å². The van der Waals surface area contributed by atoms with Crippen LogP contribution >= 0.6 is 0 Å². The average molecular weight is 228 g/mol. The molecule has 0 bridgehead atoms. The summed E-state index contributed by atoms with van der Waals surface area (Å²) >= 11 is 0. The van der Waals surface area contributed by atoms with E-state index < -0.39 is 16.0 Å². The average Bonchev–Trinajstić information content (AvgIpc) is 2.42. The number of aryl methyl sites for hydroxylation is 1. The second kappa shape index (κ2) is 3.30. The van der Waals surface area contributed by atoms with Crippen LogP contribution < -0.4 is 0 Å². The van der Waals surface area contributed by atoms with Crippen molar-refractivity contribution in [1.82, 2.24) is 9.55 Å². The van der Waals surface area contributed by atoms with Crippen LogP contribution in [-0.4, -0.2) is 18.0 Å². The highest BCUT2D eigenvalue weighted by Gasteiger charge is 2.14. The molecular weight excluding hydrogens is 219 g/mol. The molecule has 0 aliphatic heterocycles. The normalized spacial score (nSPS) is 12.1. The van der Waals surface area contributed by atoms with Crippen molar-refractivity contribution in [3.8, 4) is 0 Å². The van der Waals surface area contributed by atoms with Gasteiger partial charge < -0.3 is 4.57 Å². The van der Waals surface area contributed by atoms with Gasteiger partial charge in [0.1, 0.15) is 11.4 Å². The fourth-order valence-corrected chi connectivity index (χ4v) is 2.20. The molecule has 0 unspecified atom stereocenters. The number of halogens is 1. The van der Waals surface area contributed by atoms with Gasteiger partial charge in [0, 0.05) is 24.8 Å². The molecule has 0 saturated carbocycles. The third kappa shape index (κ3) is 1.99. The molecule has 0 radical (unpaired) electrons. The van der Waals surface area contributed by atoms with Crippen molar-refractivity contribution >= 4 is 21.3 Å². The topological polar surface area (TPSA) is 52.0 Å². The van der Waals surface area contributed by atoms with Crippen molar-refractivity contribution in [3.63, 3.8) is 0 Å². The van der Waals surface area contributed by atoms with Crippen LogP contribution in [0.1, 0.15) is 5.56 Å². The molecule has 80 valence electrons. The van der Waals surface area contributed by atoms with Gasteiger partial charge in [0.05, 0.1) is 0 Å². The molecule has 2 aromatic rings. The van der Waals surface area contributed by atoms with Crippen molar-refractivity contribution in [2.24, 2.45) is 7.05 Å². The Labute approximate surface area is 86.6 Å². The maximum atomic E-state index is 12.6. The zero-order valence-corrected chi connectivity index (χ0v) is 8.83. The van der Waals surface area contributed by atoms with Crippen LogP contribution in [0.25, 0.3) is 11.0 Å². The Balaban J connectivity index is 2.62. The molecule has 0 aliphatic carbocycles. The van der Waals surface area contributed by atoms with E-state index in [0.717, 1.165) is 0 Å². The molecule has 6 heteroatoms. The lowest BCUT2D eigenvalue weighted by atomic mass is 10.2.